The van der Waals surface area contributed by atoms with Crippen LogP contribution in [0, 0.1) is 5.41 Å². The lowest BCUT2D eigenvalue weighted by molar-refractivity contribution is -0.143. The molecule has 3 N–H and O–H groups in total. The second kappa shape index (κ2) is 14.7. The number of anilines is 3. The van der Waals surface area contributed by atoms with Crippen LogP contribution in [-0.2, 0) is 36.9 Å². The molecular formula is C37H41N5O6. The zero-order chi connectivity index (χ0) is 33.5. The number of rotatable bonds is 11. The maximum absolute atomic E-state index is 13.4. The van der Waals surface area contributed by atoms with Gasteiger partial charge < -0.3 is 25.4 Å². The second-order valence-corrected chi connectivity index (χ2v) is 12.6. The number of carbonyl (C=O) groups is 4. The van der Waals surface area contributed by atoms with Crippen molar-refractivity contribution in [3.8, 4) is 0 Å². The van der Waals surface area contributed by atoms with E-state index in [1.807, 2.05) is 54.6 Å². The fraction of sp³-hybridized carbons (Fsp3) is 0.378. The molecule has 1 aromatic heterocycles. The Morgan fingerprint density at radius 2 is 1.73 bits per heavy atom. The van der Waals surface area contributed by atoms with Gasteiger partial charge in [0.25, 0.3) is 0 Å². The summed E-state index contributed by atoms with van der Waals surface area (Å²) in [4.78, 5) is 57.4. The number of nitrogens with zero attached hydrogens (tertiary/aromatic N) is 2. The maximum Gasteiger partial charge on any atom is 0.410 e. The molecule has 0 bridgehead atoms. The fourth-order valence-corrected chi connectivity index (χ4v) is 6.81. The minimum Gasteiger partial charge on any atom is -0.467 e. The van der Waals surface area contributed by atoms with Gasteiger partial charge in [0, 0.05) is 36.6 Å². The Balaban J connectivity index is 1.07. The van der Waals surface area contributed by atoms with Crippen molar-refractivity contribution in [1.29, 1.82) is 0 Å². The fourth-order valence-electron chi connectivity index (χ4n) is 6.81. The number of ketones is 1. The molecule has 0 unspecified atom stereocenters. The standard InChI is InChI=1S/C37H41N5O6/c1-47-35(45)29(40-31-23-32(43)37(31)18-6-3-7-19-37)22-25-14-16-27(17-15-25)39-33-28(12-8-20-38-33)41-34(44)30-13-9-21-42(30)36(46)48-24-26-10-4-2-5-11-26/h2,4-5,8,10-12,14-17,20,23,29-30,40H,3,6-7,9,13,18-19,21-22,24H2,1H3,(H,38,39)(H,41,44)/t29-,30-/m0/s1. The Hall–Kier alpha value is -5.19. The number of aromatic nitrogens is 1. The molecule has 2 heterocycles. The Morgan fingerprint density at radius 3 is 2.46 bits per heavy atom. The molecule has 11 nitrogen and oxygen atoms in total. The molecule has 1 saturated carbocycles. The molecule has 3 aromatic rings. The highest BCUT2D eigenvalue weighted by Gasteiger charge is 2.49. The van der Waals surface area contributed by atoms with Gasteiger partial charge in [0.05, 0.1) is 18.2 Å². The summed E-state index contributed by atoms with van der Waals surface area (Å²) in [6.07, 6.45) is 9.12. The highest BCUT2D eigenvalue weighted by Crippen LogP contribution is 2.48. The zero-order valence-electron chi connectivity index (χ0n) is 27.1. The molecule has 0 radical (unpaired) electrons. The number of carbonyl (C=O) groups excluding carboxylic acids is 4. The molecule has 2 aromatic carbocycles. The van der Waals surface area contributed by atoms with Gasteiger partial charge in [-0.1, -0.05) is 61.7 Å². The normalized spacial score (nSPS) is 18.7. The lowest BCUT2D eigenvalue weighted by atomic mass is 9.62. The average Bonchev–Trinajstić information content (AvgIpc) is 3.63. The summed E-state index contributed by atoms with van der Waals surface area (Å²) in [6, 6.07) is 19.2. The number of benzene rings is 2. The number of pyridine rings is 1. The Kier molecular flexibility index (Phi) is 10.0. The number of nitrogens with one attached hydrogen (secondary N) is 3. The van der Waals surface area contributed by atoms with Crippen LogP contribution in [-0.4, -0.2) is 59.4 Å². The summed E-state index contributed by atoms with van der Waals surface area (Å²) in [5.74, 6) is -0.100. The number of hydrogen-bond donors (Lipinski definition) is 3. The summed E-state index contributed by atoms with van der Waals surface area (Å²) < 4.78 is 10.6. The van der Waals surface area contributed by atoms with Crippen molar-refractivity contribution in [1.82, 2.24) is 15.2 Å². The predicted octanol–water partition coefficient (Wildman–Crippen LogP) is 5.66. The van der Waals surface area contributed by atoms with Gasteiger partial charge in [-0.05, 0) is 61.1 Å². The SMILES string of the molecule is COC(=O)[C@H](Cc1ccc(Nc2ncccc2NC(=O)[C@@H]2CCCN2C(=O)OCc2ccccc2)cc1)NC1=CC(=O)C12CCCCC2. The molecular weight excluding hydrogens is 610 g/mol. The van der Waals surface area contributed by atoms with Crippen LogP contribution in [0.5, 0.6) is 0 Å². The molecule has 2 fully saturated rings. The summed E-state index contributed by atoms with van der Waals surface area (Å²) >= 11 is 0. The van der Waals surface area contributed by atoms with E-state index in [0.29, 0.717) is 37.3 Å². The number of amides is 2. The molecule has 2 amide bonds. The minimum atomic E-state index is -0.654. The van der Waals surface area contributed by atoms with E-state index in [-0.39, 0.29) is 24.3 Å². The smallest absolute Gasteiger partial charge is 0.410 e. The first-order chi connectivity index (χ1) is 23.4. The predicted molar refractivity (Wildman–Crippen MR) is 180 cm³/mol. The van der Waals surface area contributed by atoms with Crippen LogP contribution in [0.4, 0.5) is 22.0 Å². The number of esters is 1. The molecule has 1 spiro atoms. The average molecular weight is 652 g/mol. The van der Waals surface area contributed by atoms with Gasteiger partial charge >= 0.3 is 12.1 Å². The van der Waals surface area contributed by atoms with Crippen molar-refractivity contribution in [3.63, 3.8) is 0 Å². The van der Waals surface area contributed by atoms with E-state index in [1.54, 1.807) is 24.4 Å². The van der Waals surface area contributed by atoms with Crippen molar-refractivity contribution in [3.05, 3.63) is 95.8 Å². The van der Waals surface area contributed by atoms with Crippen LogP contribution < -0.4 is 16.0 Å². The van der Waals surface area contributed by atoms with E-state index in [4.69, 9.17) is 9.47 Å². The van der Waals surface area contributed by atoms with Crippen molar-refractivity contribution < 1.29 is 28.7 Å². The number of ether oxygens (including phenoxy) is 2. The largest absolute Gasteiger partial charge is 0.467 e. The van der Waals surface area contributed by atoms with E-state index >= 15 is 0 Å². The summed E-state index contributed by atoms with van der Waals surface area (Å²) in [7, 11) is 1.37. The van der Waals surface area contributed by atoms with Crippen LogP contribution in [0.2, 0.25) is 0 Å². The van der Waals surface area contributed by atoms with E-state index in [0.717, 1.165) is 54.6 Å². The van der Waals surface area contributed by atoms with Crippen LogP contribution in [0.1, 0.15) is 56.1 Å². The third-order valence-electron chi connectivity index (χ3n) is 9.50. The number of hydrogen-bond acceptors (Lipinski definition) is 9. The molecule has 1 aliphatic heterocycles. The van der Waals surface area contributed by atoms with Crippen LogP contribution in [0.25, 0.3) is 0 Å². The van der Waals surface area contributed by atoms with Gasteiger partial charge in [-0.3, -0.25) is 14.5 Å². The lowest BCUT2D eigenvalue weighted by Crippen LogP contribution is -2.52. The second-order valence-electron chi connectivity index (χ2n) is 12.6. The van der Waals surface area contributed by atoms with Crippen LogP contribution in [0.3, 0.4) is 0 Å². The highest BCUT2D eigenvalue weighted by atomic mass is 16.6. The van der Waals surface area contributed by atoms with Crippen molar-refractivity contribution >= 4 is 40.9 Å². The van der Waals surface area contributed by atoms with Gasteiger partial charge in [-0.2, -0.15) is 0 Å². The summed E-state index contributed by atoms with van der Waals surface area (Å²) in [5.41, 5.74) is 3.36. The van der Waals surface area contributed by atoms with Crippen LogP contribution in [0.15, 0.2) is 84.7 Å². The van der Waals surface area contributed by atoms with Crippen molar-refractivity contribution in [2.75, 3.05) is 24.3 Å². The highest BCUT2D eigenvalue weighted by molar-refractivity contribution is 6.05. The maximum atomic E-state index is 13.4. The van der Waals surface area contributed by atoms with Gasteiger partial charge in [-0.15, -0.1) is 0 Å². The van der Waals surface area contributed by atoms with Crippen LogP contribution >= 0.6 is 0 Å². The number of methoxy groups -OCH3 is 1. The first-order valence-electron chi connectivity index (χ1n) is 16.6. The Bertz CT molecular complexity index is 1670. The summed E-state index contributed by atoms with van der Waals surface area (Å²) in [6.45, 7) is 0.582. The minimum absolute atomic E-state index is 0.139. The summed E-state index contributed by atoms with van der Waals surface area (Å²) in [5, 5.41) is 9.55. The zero-order valence-corrected chi connectivity index (χ0v) is 27.1. The topological polar surface area (TPSA) is 139 Å². The number of allylic oxidation sites excluding steroid dienone is 2. The van der Waals surface area contributed by atoms with E-state index in [9.17, 15) is 19.2 Å². The molecule has 3 aliphatic rings. The first kappa shape index (κ1) is 32.7. The van der Waals surface area contributed by atoms with Crippen molar-refractivity contribution in [2.45, 2.75) is 70.1 Å². The Morgan fingerprint density at radius 1 is 0.958 bits per heavy atom. The van der Waals surface area contributed by atoms with Crippen molar-refractivity contribution in [2.24, 2.45) is 5.41 Å². The monoisotopic (exact) mass is 651 g/mol. The van der Waals surface area contributed by atoms with E-state index in [2.05, 4.69) is 20.9 Å². The van der Waals surface area contributed by atoms with Gasteiger partial charge in [-0.25, -0.2) is 14.6 Å². The molecule has 6 rings (SSSR count). The molecule has 2 aliphatic carbocycles. The quantitative estimate of drug-likeness (QED) is 0.224. The molecule has 11 heteroatoms. The molecule has 250 valence electrons. The Labute approximate surface area is 280 Å². The van der Waals surface area contributed by atoms with Gasteiger partial charge in [0.1, 0.15) is 18.7 Å². The third kappa shape index (κ3) is 7.20. The number of likely N-dealkylation sites (tertiary alicyclic amines) is 1. The van der Waals surface area contributed by atoms with Gasteiger partial charge in [0.2, 0.25) is 5.91 Å². The molecule has 2 atom stereocenters. The van der Waals surface area contributed by atoms with E-state index in [1.165, 1.54) is 12.0 Å². The van der Waals surface area contributed by atoms with E-state index < -0.39 is 23.6 Å². The first-order valence-corrected chi connectivity index (χ1v) is 16.6. The third-order valence-corrected chi connectivity index (χ3v) is 9.50. The molecule has 48 heavy (non-hydrogen) atoms. The molecule has 1 saturated heterocycles. The van der Waals surface area contributed by atoms with Gasteiger partial charge in [0.15, 0.2) is 11.6 Å². The lowest BCUT2D eigenvalue weighted by Gasteiger charge is -2.44.